The molecule has 20 heavy (non-hydrogen) atoms. The van der Waals surface area contributed by atoms with Crippen LogP contribution < -0.4 is 10.1 Å². The largest absolute Gasteiger partial charge is 0.491 e. The van der Waals surface area contributed by atoms with Crippen molar-refractivity contribution in [3.05, 3.63) is 30.3 Å². The van der Waals surface area contributed by atoms with Gasteiger partial charge in [0.15, 0.2) is 0 Å². The first-order valence-electron chi connectivity index (χ1n) is 7.85. The molecule has 3 nitrogen and oxygen atoms in total. The molecule has 1 aliphatic rings. The third-order valence-electron chi connectivity index (χ3n) is 4.22. The van der Waals surface area contributed by atoms with Gasteiger partial charge in [-0.25, -0.2) is 0 Å². The maximum absolute atomic E-state index is 9.97. The summed E-state index contributed by atoms with van der Waals surface area (Å²) in [5.74, 6) is 1.58. The number of benzene rings is 1. The van der Waals surface area contributed by atoms with Gasteiger partial charge in [-0.15, -0.1) is 0 Å². The normalized spacial score (nSPS) is 19.5. The highest BCUT2D eigenvalue weighted by Gasteiger charge is 2.20. The van der Waals surface area contributed by atoms with Gasteiger partial charge in [0.25, 0.3) is 0 Å². The second-order valence-electron chi connectivity index (χ2n) is 5.87. The van der Waals surface area contributed by atoms with Crippen LogP contribution in [0.25, 0.3) is 0 Å². The van der Waals surface area contributed by atoms with Gasteiger partial charge < -0.3 is 15.2 Å². The average Bonchev–Trinajstić information content (AvgIpc) is 2.52. The smallest absolute Gasteiger partial charge is 0.119 e. The monoisotopic (exact) mass is 277 g/mol. The zero-order chi connectivity index (χ0) is 14.2. The van der Waals surface area contributed by atoms with Gasteiger partial charge in [0, 0.05) is 12.6 Å². The first-order valence-corrected chi connectivity index (χ1v) is 7.85. The van der Waals surface area contributed by atoms with Crippen LogP contribution in [0.4, 0.5) is 0 Å². The fourth-order valence-corrected chi connectivity index (χ4v) is 2.89. The lowest BCUT2D eigenvalue weighted by Crippen LogP contribution is -2.40. The van der Waals surface area contributed by atoms with Crippen LogP contribution in [0.15, 0.2) is 30.3 Å². The van der Waals surface area contributed by atoms with Gasteiger partial charge in [-0.3, -0.25) is 0 Å². The third kappa shape index (κ3) is 5.14. The van der Waals surface area contributed by atoms with Crippen LogP contribution in [0.1, 0.15) is 39.0 Å². The molecule has 2 atom stereocenters. The second-order valence-corrected chi connectivity index (χ2v) is 5.87. The molecule has 1 fully saturated rings. The highest BCUT2D eigenvalue weighted by molar-refractivity contribution is 5.20. The van der Waals surface area contributed by atoms with Crippen molar-refractivity contribution in [1.29, 1.82) is 0 Å². The van der Waals surface area contributed by atoms with Crippen molar-refractivity contribution >= 4 is 0 Å². The van der Waals surface area contributed by atoms with Gasteiger partial charge in [0.1, 0.15) is 18.5 Å². The predicted molar refractivity (Wildman–Crippen MR) is 82.0 cm³/mol. The van der Waals surface area contributed by atoms with E-state index in [1.165, 1.54) is 32.1 Å². The van der Waals surface area contributed by atoms with Crippen LogP contribution in [0.2, 0.25) is 0 Å². The van der Waals surface area contributed by atoms with Gasteiger partial charge in [-0.2, -0.15) is 0 Å². The summed E-state index contributed by atoms with van der Waals surface area (Å²) in [5, 5.41) is 13.4. The molecule has 0 aromatic heterocycles. The van der Waals surface area contributed by atoms with Crippen LogP contribution in [0.3, 0.4) is 0 Å². The summed E-state index contributed by atoms with van der Waals surface area (Å²) >= 11 is 0. The Labute approximate surface area is 122 Å². The Bertz CT molecular complexity index is 363. The number of rotatable bonds is 7. The average molecular weight is 277 g/mol. The van der Waals surface area contributed by atoms with Crippen LogP contribution in [-0.4, -0.2) is 30.4 Å². The van der Waals surface area contributed by atoms with Gasteiger partial charge in [-0.05, 0) is 37.8 Å². The number of hydrogen-bond acceptors (Lipinski definition) is 3. The van der Waals surface area contributed by atoms with Crippen molar-refractivity contribution in [3.63, 3.8) is 0 Å². The summed E-state index contributed by atoms with van der Waals surface area (Å²) in [4.78, 5) is 0. The number of ether oxygens (including phenoxy) is 1. The summed E-state index contributed by atoms with van der Waals surface area (Å²) in [6.45, 7) is 3.18. The SMILES string of the molecule is C[C@@H](NCC(O)COc1ccccc1)C1CCCCC1. The van der Waals surface area contributed by atoms with E-state index in [0.29, 0.717) is 19.2 Å². The molecule has 0 spiro atoms. The maximum atomic E-state index is 9.97. The summed E-state index contributed by atoms with van der Waals surface area (Å²) in [6, 6.07) is 10.1. The van der Waals surface area contributed by atoms with Gasteiger partial charge >= 0.3 is 0 Å². The van der Waals surface area contributed by atoms with E-state index in [9.17, 15) is 5.11 Å². The Morgan fingerprint density at radius 2 is 1.90 bits per heavy atom. The van der Waals surface area contributed by atoms with Crippen molar-refractivity contribution in [3.8, 4) is 5.75 Å². The summed E-state index contributed by atoms with van der Waals surface area (Å²) < 4.78 is 5.56. The minimum atomic E-state index is -0.457. The topological polar surface area (TPSA) is 41.5 Å². The molecule has 1 aliphatic carbocycles. The van der Waals surface area contributed by atoms with Crippen LogP contribution in [0, 0.1) is 5.92 Å². The van der Waals surface area contributed by atoms with Crippen LogP contribution in [-0.2, 0) is 0 Å². The van der Waals surface area contributed by atoms with E-state index < -0.39 is 6.10 Å². The quantitative estimate of drug-likeness (QED) is 0.805. The van der Waals surface area contributed by atoms with Gasteiger partial charge in [0.2, 0.25) is 0 Å². The molecule has 1 saturated carbocycles. The minimum Gasteiger partial charge on any atom is -0.491 e. The van der Waals surface area contributed by atoms with Crippen molar-refractivity contribution in [2.24, 2.45) is 5.92 Å². The molecule has 2 rings (SSSR count). The molecular formula is C17H27NO2. The molecule has 1 aromatic rings. The first-order chi connectivity index (χ1) is 9.75. The Balaban J connectivity index is 1.63. The molecule has 0 bridgehead atoms. The van der Waals surface area contributed by atoms with E-state index in [2.05, 4.69) is 12.2 Å². The molecule has 0 radical (unpaired) electrons. The van der Waals surface area contributed by atoms with Crippen LogP contribution >= 0.6 is 0 Å². The van der Waals surface area contributed by atoms with Gasteiger partial charge in [0.05, 0.1) is 0 Å². The van der Waals surface area contributed by atoms with E-state index in [0.717, 1.165) is 11.7 Å². The molecule has 1 aromatic carbocycles. The minimum absolute atomic E-state index is 0.342. The van der Waals surface area contributed by atoms with E-state index in [1.54, 1.807) is 0 Å². The standard InChI is InChI=1S/C17H27NO2/c1-14(15-8-4-2-5-9-15)18-12-16(19)13-20-17-10-6-3-7-11-17/h3,6-7,10-11,14-16,18-19H,2,4-5,8-9,12-13H2,1H3/t14-,16?/m1/s1. The Kier molecular flexibility index (Phi) is 6.34. The number of nitrogens with one attached hydrogen (secondary N) is 1. The van der Waals surface area contributed by atoms with Crippen LogP contribution in [0.5, 0.6) is 5.75 Å². The molecular weight excluding hydrogens is 250 g/mol. The van der Waals surface area contributed by atoms with E-state index in [-0.39, 0.29) is 0 Å². The zero-order valence-electron chi connectivity index (χ0n) is 12.4. The number of para-hydroxylation sites is 1. The fraction of sp³-hybridized carbons (Fsp3) is 0.647. The molecule has 0 saturated heterocycles. The zero-order valence-corrected chi connectivity index (χ0v) is 12.4. The predicted octanol–water partition coefficient (Wildman–Crippen LogP) is 2.98. The van der Waals surface area contributed by atoms with Crippen molar-refractivity contribution in [1.82, 2.24) is 5.32 Å². The van der Waals surface area contributed by atoms with E-state index in [4.69, 9.17) is 4.74 Å². The summed E-state index contributed by atoms with van der Waals surface area (Å²) in [7, 11) is 0. The van der Waals surface area contributed by atoms with Crippen molar-refractivity contribution < 1.29 is 9.84 Å². The summed E-state index contributed by atoms with van der Waals surface area (Å²) in [6.07, 6.45) is 6.29. The molecule has 0 aliphatic heterocycles. The highest BCUT2D eigenvalue weighted by Crippen LogP contribution is 2.26. The molecule has 0 heterocycles. The Morgan fingerprint density at radius 3 is 2.60 bits per heavy atom. The Morgan fingerprint density at radius 1 is 1.20 bits per heavy atom. The Hall–Kier alpha value is -1.06. The van der Waals surface area contributed by atoms with Gasteiger partial charge in [-0.1, -0.05) is 37.5 Å². The second kappa shape index (κ2) is 8.28. The molecule has 2 N–H and O–H groups in total. The maximum Gasteiger partial charge on any atom is 0.119 e. The number of hydrogen-bond donors (Lipinski definition) is 2. The van der Waals surface area contributed by atoms with Crippen molar-refractivity contribution in [2.45, 2.75) is 51.2 Å². The number of aliphatic hydroxyl groups excluding tert-OH is 1. The first kappa shape index (κ1) is 15.3. The lowest BCUT2D eigenvalue weighted by Gasteiger charge is -2.29. The molecule has 112 valence electrons. The summed E-state index contributed by atoms with van der Waals surface area (Å²) in [5.41, 5.74) is 0. The molecule has 0 amide bonds. The highest BCUT2D eigenvalue weighted by atomic mass is 16.5. The van der Waals surface area contributed by atoms with E-state index in [1.807, 2.05) is 30.3 Å². The third-order valence-corrected chi connectivity index (χ3v) is 4.22. The number of aliphatic hydroxyl groups is 1. The van der Waals surface area contributed by atoms with E-state index >= 15 is 0 Å². The lowest BCUT2D eigenvalue weighted by atomic mass is 9.84. The molecule has 3 heteroatoms. The molecule has 1 unspecified atom stereocenters. The fourth-order valence-electron chi connectivity index (χ4n) is 2.89. The lowest BCUT2D eigenvalue weighted by molar-refractivity contribution is 0.100. The van der Waals surface area contributed by atoms with Crippen molar-refractivity contribution in [2.75, 3.05) is 13.2 Å².